The van der Waals surface area contributed by atoms with Gasteiger partial charge in [0.2, 0.25) is 0 Å². The lowest BCUT2D eigenvalue weighted by Gasteiger charge is -2.28. The van der Waals surface area contributed by atoms with E-state index in [1.54, 1.807) is 12.3 Å². The molecule has 0 radical (unpaired) electrons. The van der Waals surface area contributed by atoms with Gasteiger partial charge in [0, 0.05) is 29.3 Å². The van der Waals surface area contributed by atoms with E-state index in [0.29, 0.717) is 10.9 Å². The zero-order valence-corrected chi connectivity index (χ0v) is 20.9. The van der Waals surface area contributed by atoms with E-state index < -0.39 is 4.92 Å². The monoisotopic (exact) mass is 499 g/mol. The van der Waals surface area contributed by atoms with Crippen molar-refractivity contribution in [3.05, 3.63) is 112 Å². The molecule has 8 nitrogen and oxygen atoms in total. The van der Waals surface area contributed by atoms with Crippen LogP contribution >= 0.6 is 12.2 Å². The maximum atomic E-state index is 11.3. The molecule has 0 saturated carbocycles. The number of hydrogen-bond donors (Lipinski definition) is 1. The molecule has 5 rings (SSSR count). The summed E-state index contributed by atoms with van der Waals surface area (Å²) in [7, 11) is 1.52. The summed E-state index contributed by atoms with van der Waals surface area (Å²) in [4.78, 5) is 17.7. The highest BCUT2D eigenvalue weighted by atomic mass is 32.1. The second kappa shape index (κ2) is 9.43. The van der Waals surface area contributed by atoms with Gasteiger partial charge in [0.05, 0.1) is 41.6 Å². The first-order valence-corrected chi connectivity index (χ1v) is 11.9. The first kappa shape index (κ1) is 23.5. The summed E-state index contributed by atoms with van der Waals surface area (Å²) < 4.78 is 7.62. The van der Waals surface area contributed by atoms with Crippen molar-refractivity contribution < 1.29 is 9.66 Å². The van der Waals surface area contributed by atoms with Crippen LogP contribution in [-0.4, -0.2) is 26.7 Å². The van der Waals surface area contributed by atoms with Crippen LogP contribution in [-0.2, 0) is 0 Å². The molecule has 0 spiro atoms. The number of pyridine rings is 1. The largest absolute Gasteiger partial charge is 0.494 e. The van der Waals surface area contributed by atoms with Crippen molar-refractivity contribution in [2.24, 2.45) is 0 Å². The van der Waals surface area contributed by atoms with Crippen LogP contribution in [0, 0.1) is 24.0 Å². The number of aryl methyl sites for hydroxylation is 1. The number of rotatable bonds is 6. The molecule has 182 valence electrons. The fourth-order valence-corrected chi connectivity index (χ4v) is 5.31. The van der Waals surface area contributed by atoms with Gasteiger partial charge in [-0.2, -0.15) is 0 Å². The first-order valence-electron chi connectivity index (χ1n) is 11.5. The normalized spacial score (nSPS) is 17.2. The van der Waals surface area contributed by atoms with Crippen molar-refractivity contribution in [2.45, 2.75) is 25.9 Å². The van der Waals surface area contributed by atoms with Gasteiger partial charge in [-0.3, -0.25) is 15.1 Å². The minimum atomic E-state index is -0.423. The Balaban J connectivity index is 1.68. The summed E-state index contributed by atoms with van der Waals surface area (Å²) in [6.45, 7) is 4.06. The number of nitro groups is 1. The summed E-state index contributed by atoms with van der Waals surface area (Å²) in [6, 6.07) is 22.4. The van der Waals surface area contributed by atoms with Gasteiger partial charge in [-0.15, -0.1) is 0 Å². The molecule has 3 heterocycles. The number of nitro benzene ring substituents is 1. The predicted molar refractivity (Wildman–Crippen MR) is 143 cm³/mol. The number of aromatic nitrogens is 2. The summed E-state index contributed by atoms with van der Waals surface area (Å²) in [5.74, 6) is 0.429. The third-order valence-corrected chi connectivity index (χ3v) is 6.85. The molecule has 4 aromatic rings. The highest BCUT2D eigenvalue weighted by Gasteiger charge is 2.42. The van der Waals surface area contributed by atoms with Gasteiger partial charge < -0.3 is 19.5 Å². The van der Waals surface area contributed by atoms with E-state index in [9.17, 15) is 10.1 Å². The van der Waals surface area contributed by atoms with E-state index in [2.05, 4.69) is 25.8 Å². The van der Waals surface area contributed by atoms with E-state index in [4.69, 9.17) is 17.0 Å². The molecule has 1 fully saturated rings. The predicted octanol–water partition coefficient (Wildman–Crippen LogP) is 5.58. The number of nitrogens with one attached hydrogen (secondary N) is 1. The Labute approximate surface area is 214 Å². The maximum Gasteiger partial charge on any atom is 0.273 e. The molecule has 36 heavy (non-hydrogen) atoms. The van der Waals surface area contributed by atoms with Crippen LogP contribution < -0.4 is 15.0 Å². The smallest absolute Gasteiger partial charge is 0.273 e. The molecule has 1 aliphatic rings. The topological polar surface area (TPSA) is 85.5 Å². The Hall–Kier alpha value is -4.24. The Morgan fingerprint density at radius 1 is 1.06 bits per heavy atom. The number of nitrogens with zero attached hydrogens (tertiary/aromatic N) is 4. The minimum Gasteiger partial charge on any atom is -0.494 e. The van der Waals surface area contributed by atoms with Gasteiger partial charge in [-0.05, 0) is 68.0 Å². The standard InChI is InChI=1S/C27H25N5O3S/c1-17-15-21(18(2)30(17)23-13-12-20(32(33)34)16-24(23)35-3)26-25(22-11-7-8-14-28-22)29-27(36)31(26)19-9-5-4-6-10-19/h4-16,25-26H,1-3H3,(H,29,36)/t25-,26-/m1/s1. The van der Waals surface area contributed by atoms with Crippen LogP contribution in [0.3, 0.4) is 0 Å². The summed E-state index contributed by atoms with van der Waals surface area (Å²) in [6.07, 6.45) is 1.79. The SMILES string of the molecule is COc1cc([N+](=O)[O-])ccc1-n1c(C)cc([C@@H]2[C@@H](c3ccccn3)NC(=S)N2c2ccccc2)c1C. The highest BCUT2D eigenvalue weighted by molar-refractivity contribution is 7.80. The quantitative estimate of drug-likeness (QED) is 0.210. The van der Waals surface area contributed by atoms with Crippen molar-refractivity contribution in [2.75, 3.05) is 12.0 Å². The van der Waals surface area contributed by atoms with E-state index in [1.807, 2.05) is 62.4 Å². The van der Waals surface area contributed by atoms with Gasteiger partial charge in [0.1, 0.15) is 5.75 Å². The average molecular weight is 500 g/mol. The number of para-hydroxylation sites is 1. The lowest BCUT2D eigenvalue weighted by molar-refractivity contribution is -0.384. The summed E-state index contributed by atoms with van der Waals surface area (Å²) in [5, 5.41) is 15.4. The van der Waals surface area contributed by atoms with Crippen molar-refractivity contribution >= 4 is 28.7 Å². The number of ether oxygens (including phenoxy) is 1. The third-order valence-electron chi connectivity index (χ3n) is 6.54. The number of non-ortho nitro benzene ring substituents is 1. The second-order valence-corrected chi connectivity index (χ2v) is 8.99. The first-order chi connectivity index (χ1) is 17.4. The Morgan fingerprint density at radius 3 is 2.47 bits per heavy atom. The van der Waals surface area contributed by atoms with Crippen molar-refractivity contribution in [1.82, 2.24) is 14.9 Å². The number of hydrogen-bond acceptors (Lipinski definition) is 5. The molecule has 0 unspecified atom stereocenters. The van der Waals surface area contributed by atoms with E-state index >= 15 is 0 Å². The van der Waals surface area contributed by atoms with Crippen molar-refractivity contribution in [3.63, 3.8) is 0 Å². The Bertz CT molecular complexity index is 1440. The van der Waals surface area contributed by atoms with Crippen molar-refractivity contribution in [3.8, 4) is 11.4 Å². The molecule has 2 aromatic carbocycles. The molecule has 1 saturated heterocycles. The molecule has 1 N–H and O–H groups in total. The fraction of sp³-hybridized carbons (Fsp3) is 0.185. The van der Waals surface area contributed by atoms with Gasteiger partial charge in [-0.25, -0.2) is 0 Å². The molecule has 2 aromatic heterocycles. The van der Waals surface area contributed by atoms with Crippen LogP contribution in [0.2, 0.25) is 0 Å². The highest BCUT2D eigenvalue weighted by Crippen LogP contribution is 2.44. The van der Waals surface area contributed by atoms with Gasteiger partial charge in [0.15, 0.2) is 5.11 Å². The fourth-order valence-electron chi connectivity index (χ4n) is 4.96. The lowest BCUT2D eigenvalue weighted by atomic mass is 9.96. The zero-order chi connectivity index (χ0) is 25.4. The Kier molecular flexibility index (Phi) is 6.15. The third kappa shape index (κ3) is 3.97. The van der Waals surface area contributed by atoms with E-state index in [0.717, 1.165) is 34.0 Å². The van der Waals surface area contributed by atoms with Crippen LogP contribution in [0.1, 0.15) is 34.7 Å². The summed E-state index contributed by atoms with van der Waals surface area (Å²) in [5.41, 5.74) is 5.61. The lowest BCUT2D eigenvalue weighted by Crippen LogP contribution is -2.29. The summed E-state index contributed by atoms with van der Waals surface area (Å²) >= 11 is 5.83. The van der Waals surface area contributed by atoms with Crippen LogP contribution in [0.25, 0.3) is 5.69 Å². The number of anilines is 1. The molecule has 0 amide bonds. The van der Waals surface area contributed by atoms with Crippen LogP contribution in [0.4, 0.5) is 11.4 Å². The number of methoxy groups -OCH3 is 1. The number of thiocarbonyl (C=S) groups is 1. The molecule has 2 atom stereocenters. The van der Waals surface area contributed by atoms with Crippen LogP contribution in [0.15, 0.2) is 79.0 Å². The maximum absolute atomic E-state index is 11.3. The second-order valence-electron chi connectivity index (χ2n) is 8.61. The zero-order valence-electron chi connectivity index (χ0n) is 20.1. The molecular weight excluding hydrogens is 474 g/mol. The van der Waals surface area contributed by atoms with E-state index in [-0.39, 0.29) is 17.8 Å². The van der Waals surface area contributed by atoms with E-state index in [1.165, 1.54) is 19.2 Å². The number of benzene rings is 2. The molecule has 0 bridgehead atoms. The Morgan fingerprint density at radius 2 is 1.81 bits per heavy atom. The van der Waals surface area contributed by atoms with Gasteiger partial charge in [-0.1, -0.05) is 24.3 Å². The molecule has 0 aliphatic carbocycles. The van der Waals surface area contributed by atoms with Gasteiger partial charge >= 0.3 is 0 Å². The van der Waals surface area contributed by atoms with Crippen molar-refractivity contribution in [1.29, 1.82) is 0 Å². The van der Waals surface area contributed by atoms with Crippen LogP contribution in [0.5, 0.6) is 5.75 Å². The average Bonchev–Trinajstić information content (AvgIpc) is 3.39. The molecule has 9 heteroatoms. The molecular formula is C27H25N5O3S. The minimum absolute atomic E-state index is 0.0194. The van der Waals surface area contributed by atoms with Gasteiger partial charge in [0.25, 0.3) is 5.69 Å². The molecule has 1 aliphatic heterocycles.